The first-order chi connectivity index (χ1) is 11.5. The van der Waals surface area contributed by atoms with Crippen molar-refractivity contribution in [2.75, 3.05) is 25.5 Å². The summed E-state index contributed by atoms with van der Waals surface area (Å²) < 4.78 is 0. The van der Waals surface area contributed by atoms with Crippen molar-refractivity contribution < 1.29 is 4.79 Å². The smallest absolute Gasteiger partial charge is 0.257 e. The lowest BCUT2D eigenvalue weighted by Gasteiger charge is -2.20. The van der Waals surface area contributed by atoms with Crippen LogP contribution in [0.3, 0.4) is 0 Å². The first kappa shape index (κ1) is 16.4. The number of nitrogens with zero attached hydrogens (tertiary/aromatic N) is 3. The van der Waals surface area contributed by atoms with E-state index in [0.717, 1.165) is 16.8 Å². The van der Waals surface area contributed by atoms with Gasteiger partial charge in [0.2, 0.25) is 0 Å². The molecule has 0 saturated heterocycles. The maximum atomic E-state index is 12.9. The molecule has 0 bridgehead atoms. The van der Waals surface area contributed by atoms with Crippen LogP contribution < -0.4 is 4.90 Å². The SMILES string of the molecule is CN(C)c1cccc2c1C(=O)N(CCc1ccc(Cl)cc1)C2C#N. The third-order valence-corrected chi connectivity index (χ3v) is 4.57. The molecule has 0 saturated carbocycles. The van der Waals surface area contributed by atoms with Gasteiger partial charge in [-0.05, 0) is 30.2 Å². The summed E-state index contributed by atoms with van der Waals surface area (Å²) in [5.41, 5.74) is 3.38. The van der Waals surface area contributed by atoms with Gasteiger partial charge in [-0.2, -0.15) is 5.26 Å². The minimum Gasteiger partial charge on any atom is -0.377 e. The Hall–Kier alpha value is -2.51. The van der Waals surface area contributed by atoms with Gasteiger partial charge in [0.05, 0.1) is 11.6 Å². The fourth-order valence-electron chi connectivity index (χ4n) is 3.09. The van der Waals surface area contributed by atoms with E-state index in [1.807, 2.05) is 61.5 Å². The van der Waals surface area contributed by atoms with Crippen LogP contribution in [0.15, 0.2) is 42.5 Å². The molecule has 122 valence electrons. The Labute approximate surface area is 146 Å². The van der Waals surface area contributed by atoms with Crippen molar-refractivity contribution in [1.29, 1.82) is 5.26 Å². The Morgan fingerprint density at radius 3 is 2.54 bits per heavy atom. The van der Waals surface area contributed by atoms with E-state index in [2.05, 4.69) is 6.07 Å². The zero-order chi connectivity index (χ0) is 17.3. The summed E-state index contributed by atoms with van der Waals surface area (Å²) in [5, 5.41) is 10.3. The molecule has 1 unspecified atom stereocenters. The number of hydrogen-bond acceptors (Lipinski definition) is 3. The Kier molecular flexibility index (Phi) is 4.46. The molecule has 2 aromatic rings. The molecule has 1 atom stereocenters. The molecule has 2 aromatic carbocycles. The molecule has 24 heavy (non-hydrogen) atoms. The van der Waals surface area contributed by atoms with Gasteiger partial charge in [0.25, 0.3) is 5.91 Å². The van der Waals surface area contributed by atoms with Gasteiger partial charge in [0.1, 0.15) is 6.04 Å². The lowest BCUT2D eigenvalue weighted by molar-refractivity contribution is 0.0760. The van der Waals surface area contributed by atoms with Crippen molar-refractivity contribution in [2.45, 2.75) is 12.5 Å². The number of benzene rings is 2. The third-order valence-electron chi connectivity index (χ3n) is 4.31. The summed E-state index contributed by atoms with van der Waals surface area (Å²) >= 11 is 5.90. The van der Waals surface area contributed by atoms with Gasteiger partial charge in [-0.1, -0.05) is 35.9 Å². The number of carbonyl (C=O) groups is 1. The lowest BCUT2D eigenvalue weighted by atomic mass is 10.0. The quantitative estimate of drug-likeness (QED) is 0.853. The van der Waals surface area contributed by atoms with Crippen LogP contribution in [0, 0.1) is 11.3 Å². The topological polar surface area (TPSA) is 47.3 Å². The second kappa shape index (κ2) is 6.54. The van der Waals surface area contributed by atoms with Crippen LogP contribution in [0.5, 0.6) is 0 Å². The van der Waals surface area contributed by atoms with Crippen LogP contribution in [0.4, 0.5) is 5.69 Å². The fourth-order valence-corrected chi connectivity index (χ4v) is 3.22. The Morgan fingerprint density at radius 1 is 1.21 bits per heavy atom. The molecule has 5 heteroatoms. The van der Waals surface area contributed by atoms with Crippen LogP contribution in [0.2, 0.25) is 5.02 Å². The molecule has 0 fully saturated rings. The van der Waals surface area contributed by atoms with Crippen molar-refractivity contribution in [3.05, 3.63) is 64.2 Å². The molecule has 0 aromatic heterocycles. The van der Waals surface area contributed by atoms with E-state index in [0.29, 0.717) is 23.6 Å². The highest BCUT2D eigenvalue weighted by Gasteiger charge is 2.38. The highest BCUT2D eigenvalue weighted by Crippen LogP contribution is 2.38. The van der Waals surface area contributed by atoms with Gasteiger partial charge in [-0.25, -0.2) is 0 Å². The average molecular weight is 340 g/mol. The molecule has 0 N–H and O–H groups in total. The van der Waals surface area contributed by atoms with Crippen LogP contribution >= 0.6 is 11.6 Å². The molecular formula is C19H18ClN3O. The van der Waals surface area contributed by atoms with Gasteiger partial charge < -0.3 is 9.80 Å². The molecule has 0 aliphatic carbocycles. The minimum atomic E-state index is -0.528. The fraction of sp³-hybridized carbons (Fsp3) is 0.263. The second-order valence-electron chi connectivity index (χ2n) is 6.04. The Morgan fingerprint density at radius 2 is 1.92 bits per heavy atom. The first-order valence-electron chi connectivity index (χ1n) is 7.78. The molecule has 0 spiro atoms. The van der Waals surface area contributed by atoms with Gasteiger partial charge in [-0.15, -0.1) is 0 Å². The number of hydrogen-bond donors (Lipinski definition) is 0. The number of anilines is 1. The van der Waals surface area contributed by atoms with Crippen LogP contribution in [-0.2, 0) is 6.42 Å². The van der Waals surface area contributed by atoms with Crippen molar-refractivity contribution in [3.8, 4) is 6.07 Å². The lowest BCUT2D eigenvalue weighted by Crippen LogP contribution is -2.30. The molecule has 4 nitrogen and oxygen atoms in total. The van der Waals surface area contributed by atoms with Crippen LogP contribution in [0.25, 0.3) is 0 Å². The predicted molar refractivity (Wildman–Crippen MR) is 95.3 cm³/mol. The summed E-state index contributed by atoms with van der Waals surface area (Å²) in [6.07, 6.45) is 0.687. The summed E-state index contributed by atoms with van der Waals surface area (Å²) in [7, 11) is 3.81. The van der Waals surface area contributed by atoms with Gasteiger partial charge in [0, 0.05) is 36.9 Å². The number of rotatable bonds is 4. The van der Waals surface area contributed by atoms with E-state index in [-0.39, 0.29) is 5.91 Å². The van der Waals surface area contributed by atoms with Crippen LogP contribution in [-0.4, -0.2) is 31.4 Å². The van der Waals surface area contributed by atoms with Crippen molar-refractivity contribution in [2.24, 2.45) is 0 Å². The van der Waals surface area contributed by atoms with E-state index in [4.69, 9.17) is 11.6 Å². The van der Waals surface area contributed by atoms with Gasteiger partial charge in [-0.3, -0.25) is 4.79 Å². The highest BCUT2D eigenvalue weighted by molar-refractivity contribution is 6.30. The largest absolute Gasteiger partial charge is 0.377 e. The maximum Gasteiger partial charge on any atom is 0.257 e. The number of amides is 1. The van der Waals surface area contributed by atoms with Crippen molar-refractivity contribution in [3.63, 3.8) is 0 Å². The molecule has 0 radical (unpaired) electrons. The Balaban J connectivity index is 1.87. The zero-order valence-electron chi connectivity index (χ0n) is 13.7. The first-order valence-corrected chi connectivity index (χ1v) is 8.16. The van der Waals surface area contributed by atoms with Gasteiger partial charge >= 0.3 is 0 Å². The Bertz CT molecular complexity index is 808. The second-order valence-corrected chi connectivity index (χ2v) is 6.48. The molecule has 3 rings (SSSR count). The van der Waals surface area contributed by atoms with Crippen molar-refractivity contribution >= 4 is 23.2 Å². The summed E-state index contributed by atoms with van der Waals surface area (Å²) in [4.78, 5) is 16.5. The van der Waals surface area contributed by atoms with Crippen molar-refractivity contribution in [1.82, 2.24) is 4.90 Å². The number of nitriles is 1. The monoisotopic (exact) mass is 339 g/mol. The molecule has 1 heterocycles. The predicted octanol–water partition coefficient (Wildman–Crippen LogP) is 3.67. The number of carbonyl (C=O) groups excluding carboxylic acids is 1. The molecular weight excluding hydrogens is 322 g/mol. The number of fused-ring (bicyclic) bond motifs is 1. The molecule has 1 aliphatic rings. The van der Waals surface area contributed by atoms with E-state index >= 15 is 0 Å². The van der Waals surface area contributed by atoms with E-state index in [1.54, 1.807) is 4.90 Å². The van der Waals surface area contributed by atoms with Gasteiger partial charge in [0.15, 0.2) is 0 Å². The third kappa shape index (κ3) is 2.83. The van der Waals surface area contributed by atoms with E-state index in [1.165, 1.54) is 0 Å². The number of halogens is 1. The highest BCUT2D eigenvalue weighted by atomic mass is 35.5. The van der Waals surface area contributed by atoms with E-state index < -0.39 is 6.04 Å². The maximum absolute atomic E-state index is 12.9. The summed E-state index contributed by atoms with van der Waals surface area (Å²) in [6, 6.07) is 15.0. The van der Waals surface area contributed by atoms with E-state index in [9.17, 15) is 10.1 Å². The summed E-state index contributed by atoms with van der Waals surface area (Å²) in [6.45, 7) is 0.500. The molecule has 1 amide bonds. The standard InChI is InChI=1S/C19H18ClN3O/c1-22(2)16-5-3-4-15-17(12-21)23(19(24)18(15)16)11-10-13-6-8-14(20)9-7-13/h3-9,17H,10-11H2,1-2H3. The normalized spacial score (nSPS) is 16.0. The summed E-state index contributed by atoms with van der Waals surface area (Å²) in [5.74, 6) is -0.0742. The molecule has 1 aliphatic heterocycles. The zero-order valence-corrected chi connectivity index (χ0v) is 14.4. The van der Waals surface area contributed by atoms with Crippen LogP contribution in [0.1, 0.15) is 27.5 Å². The minimum absolute atomic E-state index is 0.0742. The average Bonchev–Trinajstić information content (AvgIpc) is 2.86.